The molecule has 0 radical (unpaired) electrons. The number of nitrogens with zero attached hydrogens (tertiary/aromatic N) is 1. The van der Waals surface area contributed by atoms with Crippen molar-refractivity contribution in [1.29, 1.82) is 0 Å². The first-order valence-electron chi connectivity index (χ1n) is 7.13. The fourth-order valence-corrected chi connectivity index (χ4v) is 3.28. The van der Waals surface area contributed by atoms with E-state index in [1.807, 2.05) is 6.92 Å². The number of benzene rings is 1. The van der Waals surface area contributed by atoms with E-state index in [4.69, 9.17) is 0 Å². The van der Waals surface area contributed by atoms with Gasteiger partial charge in [-0.3, -0.25) is 10.1 Å². The molecule has 0 spiro atoms. The van der Waals surface area contributed by atoms with E-state index < -0.39 is 20.5 Å². The topological polar surface area (TPSA) is 101 Å². The van der Waals surface area contributed by atoms with Crippen molar-refractivity contribution in [2.75, 3.05) is 11.9 Å². The smallest absolute Gasteiger partial charge is 0.293 e. The first-order valence-corrected chi connectivity index (χ1v) is 8.61. The summed E-state index contributed by atoms with van der Waals surface area (Å²) in [6.45, 7) is 7.74. The summed E-state index contributed by atoms with van der Waals surface area (Å²) in [6.07, 6.45) is 1.84. The Morgan fingerprint density at radius 2 is 1.91 bits per heavy atom. The molecule has 0 unspecified atom stereocenters. The van der Waals surface area contributed by atoms with Crippen LogP contribution in [0.2, 0.25) is 0 Å². The molecular formula is C14H23N3O4S. The number of nitro groups is 1. The van der Waals surface area contributed by atoms with Gasteiger partial charge in [0, 0.05) is 18.2 Å². The van der Waals surface area contributed by atoms with Gasteiger partial charge in [-0.15, -0.1) is 0 Å². The van der Waals surface area contributed by atoms with Gasteiger partial charge in [-0.05, 0) is 39.3 Å². The average molecular weight is 329 g/mol. The Bertz CT molecular complexity index is 636. The van der Waals surface area contributed by atoms with Crippen molar-refractivity contribution < 1.29 is 13.3 Å². The van der Waals surface area contributed by atoms with Gasteiger partial charge in [0.2, 0.25) is 10.0 Å². The van der Waals surface area contributed by atoms with Crippen LogP contribution in [0.25, 0.3) is 0 Å². The zero-order chi connectivity index (χ0) is 17.0. The van der Waals surface area contributed by atoms with Crippen LogP contribution in [0.5, 0.6) is 0 Å². The van der Waals surface area contributed by atoms with E-state index >= 15 is 0 Å². The van der Waals surface area contributed by atoms with Gasteiger partial charge in [0.15, 0.2) is 0 Å². The molecule has 0 aliphatic rings. The number of nitrogens with one attached hydrogen (secondary N) is 2. The molecule has 0 aromatic heterocycles. The normalized spacial score (nSPS) is 12.2. The van der Waals surface area contributed by atoms with Crippen LogP contribution in [-0.2, 0) is 10.0 Å². The first kappa shape index (κ1) is 18.4. The predicted molar refractivity (Wildman–Crippen MR) is 86.6 cm³/mol. The van der Waals surface area contributed by atoms with E-state index in [0.717, 1.165) is 18.9 Å². The average Bonchev–Trinajstić information content (AvgIpc) is 2.36. The van der Waals surface area contributed by atoms with Crippen molar-refractivity contribution in [2.45, 2.75) is 51.0 Å². The monoisotopic (exact) mass is 329 g/mol. The molecule has 1 aromatic rings. The summed E-state index contributed by atoms with van der Waals surface area (Å²) < 4.78 is 27.0. The van der Waals surface area contributed by atoms with Crippen molar-refractivity contribution in [2.24, 2.45) is 0 Å². The molecule has 0 aliphatic heterocycles. The summed E-state index contributed by atoms with van der Waals surface area (Å²) in [6, 6.07) is 3.89. The van der Waals surface area contributed by atoms with Gasteiger partial charge < -0.3 is 5.32 Å². The Morgan fingerprint density at radius 1 is 1.27 bits per heavy atom. The predicted octanol–water partition coefficient (Wildman–Crippen LogP) is 2.88. The minimum Gasteiger partial charge on any atom is -0.379 e. The second-order valence-corrected chi connectivity index (χ2v) is 7.75. The fourth-order valence-electron chi connectivity index (χ4n) is 1.84. The summed E-state index contributed by atoms with van der Waals surface area (Å²) >= 11 is 0. The Hall–Kier alpha value is -1.67. The van der Waals surface area contributed by atoms with Crippen LogP contribution in [0.1, 0.15) is 40.5 Å². The number of unbranched alkanes of at least 4 members (excludes halogenated alkanes) is 1. The number of anilines is 1. The minimum atomic E-state index is -3.80. The Labute approximate surface area is 131 Å². The number of rotatable bonds is 7. The molecule has 0 fully saturated rings. The quantitative estimate of drug-likeness (QED) is 0.455. The second-order valence-electron chi connectivity index (χ2n) is 6.07. The summed E-state index contributed by atoms with van der Waals surface area (Å²) in [4.78, 5) is 10.5. The molecule has 22 heavy (non-hydrogen) atoms. The number of sulfonamides is 1. The van der Waals surface area contributed by atoms with Gasteiger partial charge in [0.1, 0.15) is 5.69 Å². The molecule has 0 aliphatic carbocycles. The molecule has 8 heteroatoms. The molecule has 1 rings (SSSR count). The van der Waals surface area contributed by atoms with E-state index in [0.29, 0.717) is 12.2 Å². The third-order valence-electron chi connectivity index (χ3n) is 2.76. The third kappa shape index (κ3) is 5.27. The molecule has 124 valence electrons. The summed E-state index contributed by atoms with van der Waals surface area (Å²) in [5.41, 5.74) is -0.577. The molecule has 7 nitrogen and oxygen atoms in total. The van der Waals surface area contributed by atoms with Crippen molar-refractivity contribution >= 4 is 21.4 Å². The summed E-state index contributed by atoms with van der Waals surface area (Å²) in [5, 5.41) is 14.1. The van der Waals surface area contributed by atoms with Crippen LogP contribution in [0.4, 0.5) is 11.4 Å². The minimum absolute atomic E-state index is 0.116. The van der Waals surface area contributed by atoms with E-state index in [9.17, 15) is 18.5 Å². The molecule has 1 aromatic carbocycles. The van der Waals surface area contributed by atoms with Gasteiger partial charge >= 0.3 is 0 Å². The highest BCUT2D eigenvalue weighted by molar-refractivity contribution is 7.89. The molecule has 0 saturated carbocycles. The first-order chi connectivity index (χ1) is 10.1. The van der Waals surface area contributed by atoms with E-state index in [-0.39, 0.29) is 10.6 Å². The summed E-state index contributed by atoms with van der Waals surface area (Å²) in [5.74, 6) is 0. The fraction of sp³-hybridized carbons (Fsp3) is 0.571. The van der Waals surface area contributed by atoms with Crippen molar-refractivity contribution in [3.63, 3.8) is 0 Å². The molecule has 0 amide bonds. The largest absolute Gasteiger partial charge is 0.379 e. The number of hydrogen-bond acceptors (Lipinski definition) is 5. The number of nitro benzene ring substituents is 1. The Morgan fingerprint density at radius 3 is 2.41 bits per heavy atom. The van der Waals surface area contributed by atoms with Gasteiger partial charge in [-0.2, -0.15) is 0 Å². The van der Waals surface area contributed by atoms with Crippen molar-refractivity contribution in [3.8, 4) is 0 Å². The number of hydrogen-bond donors (Lipinski definition) is 2. The second kappa shape index (κ2) is 7.06. The lowest BCUT2D eigenvalue weighted by Crippen LogP contribution is -2.40. The van der Waals surface area contributed by atoms with E-state index in [1.54, 1.807) is 20.8 Å². The highest BCUT2D eigenvalue weighted by atomic mass is 32.2. The van der Waals surface area contributed by atoms with Gasteiger partial charge in [-0.25, -0.2) is 13.1 Å². The maximum absolute atomic E-state index is 12.2. The molecule has 0 saturated heterocycles. The third-order valence-corrected chi connectivity index (χ3v) is 4.52. The molecule has 2 N–H and O–H groups in total. The summed E-state index contributed by atoms with van der Waals surface area (Å²) in [7, 11) is -3.80. The highest BCUT2D eigenvalue weighted by Crippen LogP contribution is 2.28. The molecule has 0 bridgehead atoms. The van der Waals surface area contributed by atoms with Crippen LogP contribution in [0.15, 0.2) is 23.1 Å². The zero-order valence-corrected chi connectivity index (χ0v) is 14.2. The lowest BCUT2D eigenvalue weighted by Gasteiger charge is -2.20. The maximum Gasteiger partial charge on any atom is 0.293 e. The molecular weight excluding hydrogens is 306 g/mol. The van der Waals surface area contributed by atoms with Crippen LogP contribution in [0, 0.1) is 10.1 Å². The molecule has 0 heterocycles. The van der Waals surface area contributed by atoms with Crippen LogP contribution < -0.4 is 10.0 Å². The lowest BCUT2D eigenvalue weighted by molar-refractivity contribution is -0.384. The molecule has 0 atom stereocenters. The standard InChI is InChI=1S/C14H23N3O4S/c1-5-6-9-15-12-8-7-11(10-13(12)17(18)19)22(20,21)16-14(2,3)4/h7-8,10,15-16H,5-6,9H2,1-4H3. The van der Waals surface area contributed by atoms with Gasteiger partial charge in [-0.1, -0.05) is 13.3 Å². The SMILES string of the molecule is CCCCNc1ccc(S(=O)(=O)NC(C)(C)C)cc1[N+](=O)[O-]. The van der Waals surface area contributed by atoms with Crippen LogP contribution in [-0.4, -0.2) is 25.4 Å². The zero-order valence-electron chi connectivity index (χ0n) is 13.3. The van der Waals surface area contributed by atoms with Crippen molar-refractivity contribution in [1.82, 2.24) is 4.72 Å². The lowest BCUT2D eigenvalue weighted by atomic mass is 10.1. The van der Waals surface area contributed by atoms with E-state index in [1.165, 1.54) is 12.1 Å². The van der Waals surface area contributed by atoms with Gasteiger partial charge in [0.25, 0.3) is 5.69 Å². The van der Waals surface area contributed by atoms with Crippen LogP contribution >= 0.6 is 0 Å². The Balaban J connectivity index is 3.15. The van der Waals surface area contributed by atoms with Crippen LogP contribution in [0.3, 0.4) is 0 Å². The van der Waals surface area contributed by atoms with E-state index in [2.05, 4.69) is 10.0 Å². The van der Waals surface area contributed by atoms with Crippen molar-refractivity contribution in [3.05, 3.63) is 28.3 Å². The Kier molecular flexibility index (Phi) is 5.90. The van der Waals surface area contributed by atoms with Gasteiger partial charge in [0.05, 0.1) is 9.82 Å². The maximum atomic E-state index is 12.2. The highest BCUT2D eigenvalue weighted by Gasteiger charge is 2.25.